The molecule has 0 radical (unpaired) electrons. The molecule has 0 aromatic rings. The zero-order chi connectivity index (χ0) is 14.1. The van der Waals surface area contributed by atoms with Crippen molar-refractivity contribution in [1.82, 2.24) is 0 Å². The smallest absolute Gasteiger partial charge is 0.192 e. The van der Waals surface area contributed by atoms with Gasteiger partial charge in [-0.1, -0.05) is 20.8 Å². The number of aliphatic hydroxyl groups excluding tert-OH is 1. The molecular weight excluding hydrogens is 260 g/mol. The van der Waals surface area contributed by atoms with Crippen LogP contribution in [0.25, 0.3) is 0 Å². The van der Waals surface area contributed by atoms with Gasteiger partial charge in [0.15, 0.2) is 8.32 Å². The molecule has 0 aromatic carbocycles. The quantitative estimate of drug-likeness (QED) is 0.602. The van der Waals surface area contributed by atoms with Gasteiger partial charge in [-0.15, -0.1) is 0 Å². The highest BCUT2D eigenvalue weighted by Gasteiger charge is 2.59. The molecule has 1 aliphatic heterocycles. The molecule has 1 saturated carbocycles. The van der Waals surface area contributed by atoms with Crippen molar-refractivity contribution in [1.29, 1.82) is 0 Å². The van der Waals surface area contributed by atoms with Crippen molar-refractivity contribution >= 4 is 8.32 Å². The number of rotatable bonds is 6. The average Bonchev–Trinajstić information content (AvgIpc) is 3.22. The second kappa shape index (κ2) is 5.82. The van der Waals surface area contributed by atoms with E-state index in [1.54, 1.807) is 7.11 Å². The summed E-state index contributed by atoms with van der Waals surface area (Å²) >= 11 is 0. The SMILES string of the molecule is CC[Si](CC)(CC)O[C@@H]1CC[C@]2(CO2)[C@@H](O)[C@@H]1OC. The molecule has 2 aliphatic rings. The van der Waals surface area contributed by atoms with Crippen molar-refractivity contribution < 1.29 is 19.0 Å². The summed E-state index contributed by atoms with van der Waals surface area (Å²) in [6, 6.07) is 3.39. The summed E-state index contributed by atoms with van der Waals surface area (Å²) in [5, 5.41) is 10.4. The fraction of sp³-hybridized carbons (Fsp3) is 1.00. The van der Waals surface area contributed by atoms with Crippen LogP contribution < -0.4 is 0 Å². The first-order valence-corrected chi connectivity index (χ1v) is 10.1. The number of ether oxygens (including phenoxy) is 2. The van der Waals surface area contributed by atoms with Crippen LogP contribution in [0.15, 0.2) is 0 Å². The molecule has 2 rings (SSSR count). The Morgan fingerprint density at radius 3 is 2.26 bits per heavy atom. The van der Waals surface area contributed by atoms with Crippen LogP contribution in [0, 0.1) is 0 Å². The Balaban J connectivity index is 2.07. The van der Waals surface area contributed by atoms with Crippen LogP contribution in [-0.4, -0.2) is 51.1 Å². The predicted molar refractivity (Wildman–Crippen MR) is 76.8 cm³/mol. The van der Waals surface area contributed by atoms with Crippen LogP contribution >= 0.6 is 0 Å². The van der Waals surface area contributed by atoms with Crippen LogP contribution in [0.4, 0.5) is 0 Å². The van der Waals surface area contributed by atoms with Crippen molar-refractivity contribution in [2.45, 2.75) is 75.7 Å². The van der Waals surface area contributed by atoms with E-state index in [0.29, 0.717) is 6.61 Å². The van der Waals surface area contributed by atoms with Gasteiger partial charge in [-0.3, -0.25) is 0 Å². The van der Waals surface area contributed by atoms with Gasteiger partial charge in [-0.2, -0.15) is 0 Å². The minimum Gasteiger partial charge on any atom is -0.411 e. The minimum absolute atomic E-state index is 0.0290. The van der Waals surface area contributed by atoms with Gasteiger partial charge in [0.25, 0.3) is 0 Å². The fourth-order valence-corrected chi connectivity index (χ4v) is 6.23. The molecule has 112 valence electrons. The van der Waals surface area contributed by atoms with Crippen molar-refractivity contribution in [3.63, 3.8) is 0 Å². The lowest BCUT2D eigenvalue weighted by Crippen LogP contribution is -2.56. The van der Waals surface area contributed by atoms with Crippen molar-refractivity contribution in [3.05, 3.63) is 0 Å². The Kier molecular flexibility index (Phi) is 4.73. The van der Waals surface area contributed by atoms with E-state index in [4.69, 9.17) is 13.9 Å². The number of methoxy groups -OCH3 is 1. The molecule has 0 unspecified atom stereocenters. The van der Waals surface area contributed by atoms with E-state index in [-0.39, 0.29) is 17.8 Å². The number of hydrogen-bond donors (Lipinski definition) is 1. The third kappa shape index (κ3) is 2.76. The largest absolute Gasteiger partial charge is 0.411 e. The fourth-order valence-electron chi connectivity index (χ4n) is 3.34. The summed E-state index contributed by atoms with van der Waals surface area (Å²) in [6.07, 6.45) is 1.06. The van der Waals surface area contributed by atoms with Crippen LogP contribution in [0.5, 0.6) is 0 Å². The average molecular weight is 288 g/mol. The summed E-state index contributed by atoms with van der Waals surface area (Å²) in [7, 11) is 0.0151. The molecule has 1 spiro atoms. The van der Waals surface area contributed by atoms with E-state index in [1.165, 1.54) is 0 Å². The maximum absolute atomic E-state index is 10.4. The molecule has 2 fully saturated rings. The van der Waals surface area contributed by atoms with Crippen LogP contribution in [0.2, 0.25) is 18.1 Å². The van der Waals surface area contributed by atoms with E-state index >= 15 is 0 Å². The molecule has 19 heavy (non-hydrogen) atoms. The molecule has 0 aromatic heterocycles. The van der Waals surface area contributed by atoms with Gasteiger partial charge in [-0.25, -0.2) is 0 Å². The Hall–Kier alpha value is 0.0569. The van der Waals surface area contributed by atoms with Crippen molar-refractivity contribution in [2.24, 2.45) is 0 Å². The second-order valence-electron chi connectivity index (χ2n) is 5.94. The van der Waals surface area contributed by atoms with Crippen molar-refractivity contribution in [2.75, 3.05) is 13.7 Å². The standard InChI is InChI=1S/C14H28O4Si/c1-5-19(6-2,7-3)18-11-8-9-14(10-17-14)13(15)12(11)16-4/h11-13,15H,5-10H2,1-4H3/t11-,12-,13+,14+/m1/s1. The highest BCUT2D eigenvalue weighted by Crippen LogP contribution is 2.44. The monoisotopic (exact) mass is 288 g/mol. The maximum atomic E-state index is 10.4. The molecule has 4 nitrogen and oxygen atoms in total. The Morgan fingerprint density at radius 2 is 1.84 bits per heavy atom. The number of aliphatic hydroxyl groups is 1. The number of epoxide rings is 1. The molecule has 4 atom stereocenters. The molecule has 0 bridgehead atoms. The molecule has 1 N–H and O–H groups in total. The van der Waals surface area contributed by atoms with Gasteiger partial charge in [0.2, 0.25) is 0 Å². The van der Waals surface area contributed by atoms with Crippen LogP contribution in [-0.2, 0) is 13.9 Å². The highest BCUT2D eigenvalue weighted by atomic mass is 28.4. The zero-order valence-electron chi connectivity index (χ0n) is 12.6. The van der Waals surface area contributed by atoms with E-state index in [2.05, 4.69) is 20.8 Å². The molecule has 5 heteroatoms. The summed E-state index contributed by atoms with van der Waals surface area (Å²) in [5.74, 6) is 0. The van der Waals surface area contributed by atoms with E-state index < -0.39 is 14.4 Å². The first kappa shape index (κ1) is 15.4. The Morgan fingerprint density at radius 1 is 1.26 bits per heavy atom. The van der Waals surface area contributed by atoms with Gasteiger partial charge in [0.05, 0.1) is 12.7 Å². The molecule has 1 aliphatic carbocycles. The summed E-state index contributed by atoms with van der Waals surface area (Å²) in [4.78, 5) is 0. The van der Waals surface area contributed by atoms with E-state index in [9.17, 15) is 5.11 Å². The first-order valence-electron chi connectivity index (χ1n) is 7.59. The highest BCUT2D eigenvalue weighted by molar-refractivity contribution is 6.73. The molecule has 0 amide bonds. The first-order chi connectivity index (χ1) is 9.06. The predicted octanol–water partition coefficient (Wildman–Crippen LogP) is 2.32. The molecule has 1 saturated heterocycles. The molecular formula is C14H28O4Si. The lowest BCUT2D eigenvalue weighted by Gasteiger charge is -2.42. The number of hydrogen-bond acceptors (Lipinski definition) is 4. The minimum atomic E-state index is -1.65. The van der Waals surface area contributed by atoms with E-state index in [1.807, 2.05) is 0 Å². The van der Waals surface area contributed by atoms with Gasteiger partial charge >= 0.3 is 0 Å². The van der Waals surface area contributed by atoms with Gasteiger partial charge in [-0.05, 0) is 31.0 Å². The summed E-state index contributed by atoms with van der Waals surface area (Å²) in [5.41, 5.74) is -0.324. The van der Waals surface area contributed by atoms with Crippen LogP contribution in [0.1, 0.15) is 33.6 Å². The molecule has 1 heterocycles. The second-order valence-corrected chi connectivity index (χ2v) is 10.7. The maximum Gasteiger partial charge on any atom is 0.192 e. The van der Waals surface area contributed by atoms with E-state index in [0.717, 1.165) is 31.0 Å². The third-order valence-electron chi connectivity index (χ3n) is 5.19. The van der Waals surface area contributed by atoms with Gasteiger partial charge in [0.1, 0.15) is 17.8 Å². The van der Waals surface area contributed by atoms with Crippen molar-refractivity contribution in [3.8, 4) is 0 Å². The third-order valence-corrected chi connectivity index (χ3v) is 9.86. The lowest BCUT2D eigenvalue weighted by molar-refractivity contribution is -0.128. The topological polar surface area (TPSA) is 51.2 Å². The Bertz CT molecular complexity index is 294. The zero-order valence-corrected chi connectivity index (χ0v) is 13.6. The van der Waals surface area contributed by atoms with Crippen LogP contribution in [0.3, 0.4) is 0 Å². The lowest BCUT2D eigenvalue weighted by atomic mass is 9.83. The summed E-state index contributed by atoms with van der Waals surface area (Å²) < 4.78 is 17.5. The van der Waals surface area contributed by atoms with Gasteiger partial charge < -0.3 is 19.0 Å². The van der Waals surface area contributed by atoms with Gasteiger partial charge in [0, 0.05) is 7.11 Å². The Labute approximate surface area is 117 Å². The summed E-state index contributed by atoms with van der Waals surface area (Å²) in [6.45, 7) is 7.35. The normalized spacial score (nSPS) is 38.7.